The fraction of sp³-hybridized carbons (Fsp3) is 0.417. The van der Waals surface area contributed by atoms with E-state index >= 15 is 0 Å². The molecule has 5 heteroatoms. The monoisotopic (exact) mass is 237 g/mol. The van der Waals surface area contributed by atoms with Gasteiger partial charge in [0.2, 0.25) is 0 Å². The zero-order chi connectivity index (χ0) is 12.3. The number of fused-ring (bicyclic) bond motifs is 1. The molecule has 1 aliphatic heterocycles. The van der Waals surface area contributed by atoms with Crippen molar-refractivity contribution in [1.82, 2.24) is 5.32 Å². The highest BCUT2D eigenvalue weighted by Gasteiger charge is 2.22. The number of rotatable bonds is 4. The molecule has 0 fully saturated rings. The van der Waals surface area contributed by atoms with Crippen molar-refractivity contribution in [3.8, 4) is 17.2 Å². The molecule has 0 spiro atoms. The molecule has 0 radical (unpaired) electrons. The number of hydrogen-bond donors (Lipinski definition) is 1. The number of ether oxygens (including phenoxy) is 3. The molecule has 17 heavy (non-hydrogen) atoms. The van der Waals surface area contributed by atoms with Crippen molar-refractivity contribution in [2.45, 2.75) is 0 Å². The predicted octanol–water partition coefficient (Wildman–Crippen LogP) is 0.869. The van der Waals surface area contributed by atoms with Gasteiger partial charge >= 0.3 is 0 Å². The Labute approximate surface area is 99.7 Å². The number of nitrogens with one attached hydrogen (secondary N) is 1. The number of benzene rings is 1. The van der Waals surface area contributed by atoms with Gasteiger partial charge in [0, 0.05) is 6.07 Å². The summed E-state index contributed by atoms with van der Waals surface area (Å²) in [5.41, 5.74) is 0.494. The number of likely N-dealkylation sites (N-methyl/N-ethyl adjacent to an activating group) is 1. The van der Waals surface area contributed by atoms with Crippen LogP contribution in [-0.4, -0.2) is 39.7 Å². The van der Waals surface area contributed by atoms with Gasteiger partial charge in [0.15, 0.2) is 17.3 Å². The smallest absolute Gasteiger partial charge is 0.180 e. The molecule has 0 bridgehead atoms. The minimum absolute atomic E-state index is 0.0480. The molecule has 0 amide bonds. The SMILES string of the molecule is CNCC(=O)c1cc(OC)cc2c1OCCO2. The van der Waals surface area contributed by atoms with Crippen LogP contribution in [0.2, 0.25) is 0 Å². The first kappa shape index (κ1) is 11.7. The van der Waals surface area contributed by atoms with E-state index in [1.54, 1.807) is 26.3 Å². The quantitative estimate of drug-likeness (QED) is 0.787. The van der Waals surface area contributed by atoms with Crippen LogP contribution in [0.1, 0.15) is 10.4 Å². The van der Waals surface area contributed by atoms with Gasteiger partial charge < -0.3 is 19.5 Å². The van der Waals surface area contributed by atoms with Gasteiger partial charge in [-0.05, 0) is 13.1 Å². The molecular formula is C12H15NO4. The van der Waals surface area contributed by atoms with E-state index < -0.39 is 0 Å². The molecule has 5 nitrogen and oxygen atoms in total. The zero-order valence-electron chi connectivity index (χ0n) is 9.91. The summed E-state index contributed by atoms with van der Waals surface area (Å²) in [5, 5.41) is 2.82. The molecule has 92 valence electrons. The molecule has 1 heterocycles. The largest absolute Gasteiger partial charge is 0.497 e. The normalized spacial score (nSPS) is 13.3. The van der Waals surface area contributed by atoms with Crippen LogP contribution in [0.5, 0.6) is 17.2 Å². The Balaban J connectivity index is 2.44. The molecular weight excluding hydrogens is 222 g/mol. The van der Waals surface area contributed by atoms with Crippen LogP contribution in [0.3, 0.4) is 0 Å². The molecule has 0 saturated heterocycles. The van der Waals surface area contributed by atoms with Crippen molar-refractivity contribution in [2.75, 3.05) is 33.9 Å². The van der Waals surface area contributed by atoms with Crippen LogP contribution in [-0.2, 0) is 0 Å². The summed E-state index contributed by atoms with van der Waals surface area (Å²) in [4.78, 5) is 11.9. The molecule has 0 unspecified atom stereocenters. The lowest BCUT2D eigenvalue weighted by atomic mass is 10.1. The van der Waals surface area contributed by atoms with Crippen LogP contribution in [0.4, 0.5) is 0 Å². The van der Waals surface area contributed by atoms with E-state index in [1.807, 2.05) is 0 Å². The minimum atomic E-state index is -0.0480. The summed E-state index contributed by atoms with van der Waals surface area (Å²) in [7, 11) is 3.28. The van der Waals surface area contributed by atoms with E-state index in [0.29, 0.717) is 36.0 Å². The maximum atomic E-state index is 11.9. The molecule has 0 aromatic heterocycles. The van der Waals surface area contributed by atoms with Crippen molar-refractivity contribution < 1.29 is 19.0 Å². The lowest BCUT2D eigenvalue weighted by Crippen LogP contribution is -2.22. The average Bonchev–Trinajstić information content (AvgIpc) is 2.37. The van der Waals surface area contributed by atoms with Crippen LogP contribution < -0.4 is 19.5 Å². The van der Waals surface area contributed by atoms with Gasteiger partial charge in [0.1, 0.15) is 19.0 Å². The Morgan fingerprint density at radius 3 is 2.88 bits per heavy atom. The molecule has 1 aromatic carbocycles. The van der Waals surface area contributed by atoms with E-state index in [9.17, 15) is 4.79 Å². The highest BCUT2D eigenvalue weighted by Crippen LogP contribution is 2.37. The fourth-order valence-electron chi connectivity index (χ4n) is 1.71. The molecule has 1 aliphatic rings. The Kier molecular flexibility index (Phi) is 3.49. The molecule has 0 aliphatic carbocycles. The Bertz CT molecular complexity index is 431. The maximum Gasteiger partial charge on any atom is 0.180 e. The maximum absolute atomic E-state index is 11.9. The summed E-state index contributed by atoms with van der Waals surface area (Å²) >= 11 is 0. The lowest BCUT2D eigenvalue weighted by molar-refractivity contribution is 0.0981. The van der Waals surface area contributed by atoms with Crippen LogP contribution in [0.25, 0.3) is 0 Å². The van der Waals surface area contributed by atoms with Crippen LogP contribution >= 0.6 is 0 Å². The van der Waals surface area contributed by atoms with Crippen LogP contribution in [0, 0.1) is 0 Å². The topological polar surface area (TPSA) is 56.8 Å². The van der Waals surface area contributed by atoms with E-state index in [2.05, 4.69) is 5.32 Å². The van der Waals surface area contributed by atoms with Crippen molar-refractivity contribution in [2.24, 2.45) is 0 Å². The fourth-order valence-corrected chi connectivity index (χ4v) is 1.71. The summed E-state index contributed by atoms with van der Waals surface area (Å²) in [6, 6.07) is 3.40. The third-order valence-corrected chi connectivity index (χ3v) is 2.49. The van der Waals surface area contributed by atoms with Gasteiger partial charge in [0.05, 0.1) is 19.2 Å². The highest BCUT2D eigenvalue weighted by molar-refractivity contribution is 6.01. The number of Topliss-reactive ketones (excluding diaryl/α,β-unsaturated/α-hetero) is 1. The Hall–Kier alpha value is -1.75. The molecule has 1 N–H and O–H groups in total. The summed E-state index contributed by atoms with van der Waals surface area (Å²) in [6.07, 6.45) is 0. The predicted molar refractivity (Wildman–Crippen MR) is 62.2 cm³/mol. The summed E-state index contributed by atoms with van der Waals surface area (Å²) in [6.45, 7) is 1.20. The second-order valence-corrected chi connectivity index (χ2v) is 3.65. The average molecular weight is 237 g/mol. The van der Waals surface area contributed by atoms with E-state index in [-0.39, 0.29) is 12.3 Å². The van der Waals surface area contributed by atoms with Crippen LogP contribution in [0.15, 0.2) is 12.1 Å². The Morgan fingerprint density at radius 1 is 1.41 bits per heavy atom. The third kappa shape index (κ3) is 2.34. The van der Waals surface area contributed by atoms with Crippen molar-refractivity contribution >= 4 is 5.78 Å². The molecule has 1 aromatic rings. The molecule has 0 saturated carbocycles. The molecule has 2 rings (SSSR count). The molecule has 0 atom stereocenters. The first-order valence-corrected chi connectivity index (χ1v) is 5.41. The van der Waals surface area contributed by atoms with Gasteiger partial charge in [-0.1, -0.05) is 0 Å². The van der Waals surface area contributed by atoms with Crippen molar-refractivity contribution in [1.29, 1.82) is 0 Å². The first-order chi connectivity index (χ1) is 8.26. The third-order valence-electron chi connectivity index (χ3n) is 2.49. The van der Waals surface area contributed by atoms with Gasteiger partial charge in [0.25, 0.3) is 0 Å². The van der Waals surface area contributed by atoms with E-state index in [1.165, 1.54) is 0 Å². The highest BCUT2D eigenvalue weighted by atomic mass is 16.6. The standard InChI is InChI=1S/C12H15NO4/c1-13-7-10(14)9-5-8(15-2)6-11-12(9)17-4-3-16-11/h5-6,13H,3-4,7H2,1-2H3. The van der Waals surface area contributed by atoms with Crippen molar-refractivity contribution in [3.05, 3.63) is 17.7 Å². The number of ketones is 1. The number of carbonyl (C=O) groups is 1. The van der Waals surface area contributed by atoms with E-state index in [0.717, 1.165) is 0 Å². The summed E-state index contributed by atoms with van der Waals surface area (Å²) in [5.74, 6) is 1.62. The number of carbonyl (C=O) groups excluding carboxylic acids is 1. The second-order valence-electron chi connectivity index (χ2n) is 3.65. The summed E-state index contributed by atoms with van der Waals surface area (Å²) < 4.78 is 16.1. The van der Waals surface area contributed by atoms with Gasteiger partial charge in [-0.25, -0.2) is 0 Å². The van der Waals surface area contributed by atoms with E-state index in [4.69, 9.17) is 14.2 Å². The lowest BCUT2D eigenvalue weighted by Gasteiger charge is -2.21. The van der Waals surface area contributed by atoms with Gasteiger partial charge in [-0.2, -0.15) is 0 Å². The van der Waals surface area contributed by atoms with Crippen molar-refractivity contribution in [3.63, 3.8) is 0 Å². The number of methoxy groups -OCH3 is 1. The second kappa shape index (κ2) is 5.05. The minimum Gasteiger partial charge on any atom is -0.497 e. The first-order valence-electron chi connectivity index (χ1n) is 5.41. The Morgan fingerprint density at radius 2 is 2.18 bits per heavy atom. The zero-order valence-corrected chi connectivity index (χ0v) is 9.91. The number of hydrogen-bond acceptors (Lipinski definition) is 5. The van der Waals surface area contributed by atoms with Gasteiger partial charge in [-0.3, -0.25) is 4.79 Å². The van der Waals surface area contributed by atoms with Gasteiger partial charge in [-0.15, -0.1) is 0 Å².